The van der Waals surface area contributed by atoms with Crippen molar-refractivity contribution in [3.05, 3.63) is 23.3 Å². The maximum atomic E-state index is 10.4. The van der Waals surface area contributed by atoms with E-state index < -0.39 is 5.97 Å². The van der Waals surface area contributed by atoms with Crippen LogP contribution in [0.4, 0.5) is 0 Å². The summed E-state index contributed by atoms with van der Waals surface area (Å²) in [5, 5.41) is 8.61. The van der Waals surface area contributed by atoms with Gasteiger partial charge in [-0.05, 0) is 64.9 Å². The highest BCUT2D eigenvalue weighted by atomic mass is 16.4. The van der Waals surface area contributed by atoms with Crippen molar-refractivity contribution in [2.24, 2.45) is 11.8 Å². The van der Waals surface area contributed by atoms with Crippen LogP contribution in [0.25, 0.3) is 0 Å². The van der Waals surface area contributed by atoms with Gasteiger partial charge in [-0.15, -0.1) is 0 Å². The molecule has 2 rings (SSSR count). The van der Waals surface area contributed by atoms with Crippen molar-refractivity contribution in [1.29, 1.82) is 0 Å². The highest BCUT2D eigenvalue weighted by Gasteiger charge is 2.22. The normalized spacial score (nSPS) is 21.7. The van der Waals surface area contributed by atoms with E-state index in [2.05, 4.69) is 49.8 Å². The van der Waals surface area contributed by atoms with Crippen molar-refractivity contribution in [2.45, 2.75) is 40.0 Å². The molecule has 2 heterocycles. The van der Waals surface area contributed by atoms with Crippen molar-refractivity contribution in [3.63, 3.8) is 0 Å². The first-order valence-electron chi connectivity index (χ1n) is 8.79. The first-order chi connectivity index (χ1) is 10.8. The van der Waals surface area contributed by atoms with E-state index in [0.717, 1.165) is 32.5 Å². The van der Waals surface area contributed by atoms with Gasteiger partial charge >= 0.3 is 5.97 Å². The molecule has 0 bridgehead atoms. The molecule has 1 fully saturated rings. The van der Waals surface area contributed by atoms with Crippen LogP contribution in [-0.2, 0) is 4.79 Å². The van der Waals surface area contributed by atoms with Gasteiger partial charge in [-0.1, -0.05) is 31.6 Å². The Balaban J connectivity index is 0.000000238. The summed E-state index contributed by atoms with van der Waals surface area (Å²) in [5.74, 6) is -0.0294. The van der Waals surface area contributed by atoms with Crippen LogP contribution in [-0.4, -0.2) is 61.2 Å². The van der Waals surface area contributed by atoms with E-state index in [9.17, 15) is 4.79 Å². The maximum absolute atomic E-state index is 10.4. The number of carboxylic acid groups (broad SMARTS) is 1. The molecule has 0 aromatic carbocycles. The number of nitrogens with zero attached hydrogens (tertiary/aromatic N) is 2. The Kier molecular flexibility index (Phi) is 8.56. The molecule has 0 aliphatic carbocycles. The van der Waals surface area contributed by atoms with Crippen LogP contribution in [0.1, 0.15) is 40.0 Å². The highest BCUT2D eigenvalue weighted by Crippen LogP contribution is 2.24. The summed E-state index contributed by atoms with van der Waals surface area (Å²) in [6.45, 7) is 10.9. The van der Waals surface area contributed by atoms with Crippen LogP contribution in [0.5, 0.6) is 0 Å². The standard InChI is InChI=1S/C12H21N.C7H13NO2/c1-5-6-11-7-8-13(4)9-12(11)10(2)3;1-8-4-2-6(3-5-8)7(9)10/h5-6,10H,7-9H2,1-4H3;6H,2-5H2,1H3,(H,9,10)/b6-5-;. The Bertz CT molecular complexity index is 433. The second-order valence-electron chi connectivity index (χ2n) is 7.11. The SMILES string of the molecule is C/C=C\C1=C(C(C)C)CN(C)CC1.CN1CCC(C(=O)O)CC1. The van der Waals surface area contributed by atoms with Crippen LogP contribution in [0.15, 0.2) is 23.3 Å². The van der Waals surface area contributed by atoms with Crippen LogP contribution >= 0.6 is 0 Å². The van der Waals surface area contributed by atoms with E-state index >= 15 is 0 Å². The fourth-order valence-electron chi connectivity index (χ4n) is 3.14. The van der Waals surface area contributed by atoms with Gasteiger partial charge in [0.1, 0.15) is 0 Å². The van der Waals surface area contributed by atoms with E-state index in [-0.39, 0.29) is 5.92 Å². The molecule has 132 valence electrons. The molecule has 0 aromatic heterocycles. The zero-order valence-electron chi connectivity index (χ0n) is 15.5. The lowest BCUT2D eigenvalue weighted by Gasteiger charge is -2.28. The number of likely N-dealkylation sites (N-methyl/N-ethyl adjacent to an activating group) is 1. The lowest BCUT2D eigenvalue weighted by Crippen LogP contribution is -2.33. The fourth-order valence-corrected chi connectivity index (χ4v) is 3.14. The Morgan fingerprint density at radius 2 is 1.78 bits per heavy atom. The van der Waals surface area contributed by atoms with Gasteiger partial charge in [0, 0.05) is 13.1 Å². The Hall–Kier alpha value is -1.13. The Morgan fingerprint density at radius 3 is 2.26 bits per heavy atom. The highest BCUT2D eigenvalue weighted by molar-refractivity contribution is 5.70. The quantitative estimate of drug-likeness (QED) is 0.866. The molecule has 4 heteroatoms. The van der Waals surface area contributed by atoms with Crippen LogP contribution < -0.4 is 0 Å². The van der Waals surface area contributed by atoms with Gasteiger partial charge in [0.15, 0.2) is 0 Å². The van der Waals surface area contributed by atoms with Gasteiger partial charge < -0.3 is 14.9 Å². The third kappa shape index (κ3) is 6.88. The van der Waals surface area contributed by atoms with Gasteiger partial charge in [-0.25, -0.2) is 0 Å². The van der Waals surface area contributed by atoms with Crippen LogP contribution in [0, 0.1) is 11.8 Å². The number of hydrogen-bond donors (Lipinski definition) is 1. The van der Waals surface area contributed by atoms with Gasteiger partial charge in [0.2, 0.25) is 0 Å². The molecule has 2 aliphatic heterocycles. The average molecular weight is 322 g/mol. The van der Waals surface area contributed by atoms with Crippen molar-refractivity contribution >= 4 is 5.97 Å². The van der Waals surface area contributed by atoms with E-state index in [1.165, 1.54) is 13.0 Å². The largest absolute Gasteiger partial charge is 0.481 e. The molecule has 0 radical (unpaired) electrons. The summed E-state index contributed by atoms with van der Waals surface area (Å²) in [4.78, 5) is 15.0. The summed E-state index contributed by atoms with van der Waals surface area (Å²) in [5.41, 5.74) is 3.18. The molecule has 0 unspecified atom stereocenters. The molecule has 4 nitrogen and oxygen atoms in total. The van der Waals surface area contributed by atoms with Gasteiger partial charge in [-0.3, -0.25) is 4.79 Å². The predicted molar refractivity (Wildman–Crippen MR) is 96.6 cm³/mol. The number of piperidine rings is 1. The molecular weight excluding hydrogens is 288 g/mol. The van der Waals surface area contributed by atoms with Gasteiger partial charge in [0.25, 0.3) is 0 Å². The molecule has 0 saturated carbocycles. The zero-order chi connectivity index (χ0) is 17.4. The topological polar surface area (TPSA) is 43.8 Å². The number of aliphatic carboxylic acids is 1. The zero-order valence-corrected chi connectivity index (χ0v) is 15.5. The minimum absolute atomic E-state index is 0.0869. The van der Waals surface area contributed by atoms with E-state index in [4.69, 9.17) is 5.11 Å². The van der Waals surface area contributed by atoms with E-state index in [1.807, 2.05) is 7.05 Å². The fraction of sp³-hybridized carbons (Fsp3) is 0.737. The minimum Gasteiger partial charge on any atom is -0.481 e. The predicted octanol–water partition coefficient (Wildman–Crippen LogP) is 3.26. The Labute approximate surface area is 141 Å². The number of allylic oxidation sites excluding steroid dienone is 2. The molecular formula is C19H34N2O2. The van der Waals surface area contributed by atoms with Gasteiger partial charge in [0.05, 0.1) is 5.92 Å². The molecule has 0 spiro atoms. The molecule has 0 atom stereocenters. The summed E-state index contributed by atoms with van der Waals surface area (Å²) < 4.78 is 0. The molecule has 23 heavy (non-hydrogen) atoms. The molecule has 0 amide bonds. The van der Waals surface area contributed by atoms with Crippen molar-refractivity contribution in [3.8, 4) is 0 Å². The van der Waals surface area contributed by atoms with Crippen molar-refractivity contribution < 1.29 is 9.90 Å². The number of hydrogen-bond acceptors (Lipinski definition) is 3. The third-order valence-electron chi connectivity index (χ3n) is 4.75. The van der Waals surface area contributed by atoms with E-state index in [0.29, 0.717) is 5.92 Å². The number of rotatable bonds is 3. The number of likely N-dealkylation sites (tertiary alicyclic amines) is 1. The third-order valence-corrected chi connectivity index (χ3v) is 4.75. The number of carboxylic acids is 1. The second-order valence-corrected chi connectivity index (χ2v) is 7.11. The van der Waals surface area contributed by atoms with Crippen LogP contribution in [0.2, 0.25) is 0 Å². The lowest BCUT2D eigenvalue weighted by atomic mass is 9.91. The molecule has 1 saturated heterocycles. The van der Waals surface area contributed by atoms with Crippen molar-refractivity contribution in [2.75, 3.05) is 40.3 Å². The number of carbonyl (C=O) groups is 1. The summed E-state index contributed by atoms with van der Waals surface area (Å²) >= 11 is 0. The first-order valence-corrected chi connectivity index (χ1v) is 8.79. The second kappa shape index (κ2) is 9.89. The Morgan fingerprint density at radius 1 is 1.17 bits per heavy atom. The monoisotopic (exact) mass is 322 g/mol. The van der Waals surface area contributed by atoms with Gasteiger partial charge in [-0.2, -0.15) is 0 Å². The smallest absolute Gasteiger partial charge is 0.306 e. The lowest BCUT2D eigenvalue weighted by molar-refractivity contribution is -0.143. The molecule has 0 aromatic rings. The minimum atomic E-state index is -0.631. The van der Waals surface area contributed by atoms with Crippen molar-refractivity contribution in [1.82, 2.24) is 9.80 Å². The van der Waals surface area contributed by atoms with Crippen LogP contribution in [0.3, 0.4) is 0 Å². The molecule has 2 aliphatic rings. The summed E-state index contributed by atoms with van der Waals surface area (Å²) in [7, 11) is 4.23. The summed E-state index contributed by atoms with van der Waals surface area (Å²) in [6, 6.07) is 0. The summed E-state index contributed by atoms with van der Waals surface area (Å²) in [6.07, 6.45) is 7.28. The average Bonchev–Trinajstić information content (AvgIpc) is 2.50. The molecule has 1 N–H and O–H groups in total. The maximum Gasteiger partial charge on any atom is 0.306 e. The van der Waals surface area contributed by atoms with E-state index in [1.54, 1.807) is 11.1 Å². The first kappa shape index (κ1) is 19.9.